The molecule has 1 saturated carbocycles. The Balaban J connectivity index is 1.42. The lowest BCUT2D eigenvalue weighted by Gasteiger charge is -2.32. The van der Waals surface area contributed by atoms with Crippen LogP contribution >= 0.6 is 0 Å². The average Bonchev–Trinajstić information content (AvgIpc) is 3.56. The highest BCUT2D eigenvalue weighted by Crippen LogP contribution is 2.39. The molecular formula is C33H30FN5O2. The number of benzene rings is 4. The monoisotopic (exact) mass is 547 g/mol. The summed E-state index contributed by atoms with van der Waals surface area (Å²) in [6.45, 7) is 0.105. The van der Waals surface area contributed by atoms with E-state index in [1.54, 1.807) is 12.1 Å². The number of aromatic amines is 1. The van der Waals surface area contributed by atoms with Gasteiger partial charge in [-0.25, -0.2) is 9.37 Å². The van der Waals surface area contributed by atoms with E-state index in [4.69, 9.17) is 10.7 Å². The highest BCUT2D eigenvalue weighted by atomic mass is 19.1. The van der Waals surface area contributed by atoms with Crippen molar-refractivity contribution in [2.45, 2.75) is 31.7 Å². The second-order valence-electron chi connectivity index (χ2n) is 10.9. The van der Waals surface area contributed by atoms with Crippen LogP contribution in [0.25, 0.3) is 49.9 Å². The summed E-state index contributed by atoms with van der Waals surface area (Å²) in [5.41, 5.74) is 12.0. The first-order valence-corrected chi connectivity index (χ1v) is 14.0. The van der Waals surface area contributed by atoms with E-state index >= 15 is 0 Å². The van der Waals surface area contributed by atoms with Crippen LogP contribution in [0.5, 0.6) is 0 Å². The van der Waals surface area contributed by atoms with Crippen LogP contribution in [0, 0.1) is 11.7 Å². The molecule has 1 aliphatic carbocycles. The molecule has 8 heteroatoms. The number of aromatic nitrogens is 3. The Labute approximate surface area is 235 Å². The number of aliphatic hydroxyl groups excluding tert-OH is 1. The van der Waals surface area contributed by atoms with Gasteiger partial charge in [0.25, 0.3) is 5.91 Å². The molecule has 2 atom stereocenters. The Morgan fingerprint density at radius 1 is 1.02 bits per heavy atom. The second-order valence-corrected chi connectivity index (χ2v) is 10.9. The molecule has 1 fully saturated rings. The topological polar surface area (TPSA) is 109 Å². The Hall–Kier alpha value is -4.69. The zero-order valence-electron chi connectivity index (χ0n) is 22.4. The summed E-state index contributed by atoms with van der Waals surface area (Å²) in [6, 6.07) is 24.5. The summed E-state index contributed by atoms with van der Waals surface area (Å²) in [5, 5.41) is 15.6. The lowest BCUT2D eigenvalue weighted by Crippen LogP contribution is -2.35. The Kier molecular flexibility index (Phi) is 6.20. The molecule has 41 heavy (non-hydrogen) atoms. The van der Waals surface area contributed by atoms with E-state index in [-0.39, 0.29) is 24.4 Å². The van der Waals surface area contributed by atoms with Crippen molar-refractivity contribution in [1.29, 1.82) is 0 Å². The number of para-hydroxylation sites is 1. The van der Waals surface area contributed by atoms with Crippen molar-refractivity contribution in [3.8, 4) is 17.1 Å². The van der Waals surface area contributed by atoms with E-state index in [0.717, 1.165) is 58.7 Å². The van der Waals surface area contributed by atoms with Gasteiger partial charge in [0.2, 0.25) is 0 Å². The number of nitrogens with zero attached hydrogens (tertiary/aromatic N) is 2. The van der Waals surface area contributed by atoms with E-state index in [1.165, 1.54) is 12.1 Å². The number of nitrogens with two attached hydrogens (primary N) is 1. The SMILES string of the molecule is NC(=O)c1ccc(-n2c3ccccc3c3c(-c4nc5ccc(F)cc5[nH]4)cccc32)cc1NC1CCCC[C@@H]1CO. The van der Waals surface area contributed by atoms with Crippen LogP contribution in [-0.4, -0.2) is 38.2 Å². The van der Waals surface area contributed by atoms with Crippen LogP contribution in [0.3, 0.4) is 0 Å². The van der Waals surface area contributed by atoms with Crippen molar-refractivity contribution in [1.82, 2.24) is 14.5 Å². The predicted molar refractivity (Wildman–Crippen MR) is 161 cm³/mol. The number of rotatable bonds is 6. The summed E-state index contributed by atoms with van der Waals surface area (Å²) >= 11 is 0. The van der Waals surface area contributed by atoms with Crippen molar-refractivity contribution >= 4 is 44.4 Å². The van der Waals surface area contributed by atoms with Crippen molar-refractivity contribution < 1.29 is 14.3 Å². The molecule has 206 valence electrons. The number of imidazole rings is 1. The maximum absolute atomic E-state index is 13.9. The van der Waals surface area contributed by atoms with Crippen LogP contribution in [0.1, 0.15) is 36.0 Å². The molecule has 4 aromatic carbocycles. The maximum Gasteiger partial charge on any atom is 0.250 e. The van der Waals surface area contributed by atoms with Gasteiger partial charge in [0.15, 0.2) is 0 Å². The smallest absolute Gasteiger partial charge is 0.250 e. The number of fused-ring (bicyclic) bond motifs is 4. The van der Waals surface area contributed by atoms with Gasteiger partial charge in [-0.3, -0.25) is 4.79 Å². The van der Waals surface area contributed by atoms with Gasteiger partial charge in [0.05, 0.1) is 27.6 Å². The molecule has 6 aromatic rings. The van der Waals surface area contributed by atoms with Crippen LogP contribution in [0.4, 0.5) is 10.1 Å². The number of amides is 1. The maximum atomic E-state index is 13.9. The van der Waals surface area contributed by atoms with Gasteiger partial charge in [-0.15, -0.1) is 0 Å². The lowest BCUT2D eigenvalue weighted by atomic mass is 9.85. The predicted octanol–water partition coefficient (Wildman–Crippen LogP) is 6.53. The molecule has 0 saturated heterocycles. The van der Waals surface area contributed by atoms with Crippen molar-refractivity contribution in [2.24, 2.45) is 11.7 Å². The minimum atomic E-state index is -0.499. The van der Waals surface area contributed by atoms with Crippen LogP contribution in [-0.2, 0) is 0 Å². The van der Waals surface area contributed by atoms with Crippen LogP contribution < -0.4 is 11.1 Å². The minimum Gasteiger partial charge on any atom is -0.396 e. The van der Waals surface area contributed by atoms with E-state index in [1.807, 2.05) is 36.4 Å². The zero-order valence-corrected chi connectivity index (χ0v) is 22.4. The number of H-pyrrole nitrogens is 1. The van der Waals surface area contributed by atoms with Gasteiger partial charge in [-0.1, -0.05) is 43.2 Å². The molecule has 2 aromatic heterocycles. The number of carbonyl (C=O) groups is 1. The summed E-state index contributed by atoms with van der Waals surface area (Å²) < 4.78 is 16.1. The number of aliphatic hydroxyl groups is 1. The number of hydrogen-bond acceptors (Lipinski definition) is 4. The van der Waals surface area contributed by atoms with Crippen molar-refractivity contribution in [3.63, 3.8) is 0 Å². The number of primary amides is 1. The molecule has 0 radical (unpaired) electrons. The number of hydrogen-bond donors (Lipinski definition) is 4. The molecule has 0 bridgehead atoms. The molecule has 1 aliphatic rings. The van der Waals surface area contributed by atoms with Crippen LogP contribution in [0.15, 0.2) is 78.9 Å². The zero-order chi connectivity index (χ0) is 28.1. The minimum absolute atomic E-state index is 0.0600. The second kappa shape index (κ2) is 10.1. The molecule has 0 spiro atoms. The summed E-state index contributed by atoms with van der Waals surface area (Å²) in [7, 11) is 0. The fourth-order valence-corrected chi connectivity index (χ4v) is 6.43. The normalized spacial score (nSPS) is 17.4. The van der Waals surface area contributed by atoms with E-state index < -0.39 is 5.91 Å². The van der Waals surface area contributed by atoms with Gasteiger partial charge in [0.1, 0.15) is 11.6 Å². The molecule has 7 nitrogen and oxygen atoms in total. The number of anilines is 1. The van der Waals surface area contributed by atoms with E-state index in [2.05, 4.69) is 33.1 Å². The van der Waals surface area contributed by atoms with Gasteiger partial charge in [-0.05, 0) is 61.4 Å². The molecule has 1 unspecified atom stereocenters. The number of carbonyl (C=O) groups excluding carboxylic acids is 1. The molecule has 7 rings (SSSR count). The first-order valence-electron chi connectivity index (χ1n) is 14.0. The standard InChI is InChI=1S/C33H30FN5O2/c34-20-12-15-26-28(16-20)38-33(37-26)24-8-5-11-30-31(24)23-7-2-4-10-29(23)39(30)21-13-14-22(32(35)41)27(17-21)36-25-9-3-1-6-19(25)18-40/h2,4-5,7-8,10-17,19,25,36,40H,1,3,6,9,18H2,(H2,35,41)(H,37,38)/t19-,25?/m1/s1. The van der Waals surface area contributed by atoms with E-state index in [0.29, 0.717) is 28.1 Å². The molecular weight excluding hydrogens is 517 g/mol. The van der Waals surface area contributed by atoms with Gasteiger partial charge >= 0.3 is 0 Å². The Morgan fingerprint density at radius 3 is 2.71 bits per heavy atom. The fourth-order valence-electron chi connectivity index (χ4n) is 6.43. The first kappa shape index (κ1) is 25.3. The van der Waals surface area contributed by atoms with Crippen molar-refractivity contribution in [3.05, 3.63) is 90.2 Å². The summed E-state index contributed by atoms with van der Waals surface area (Å²) in [4.78, 5) is 20.5. The van der Waals surface area contributed by atoms with Crippen LogP contribution in [0.2, 0.25) is 0 Å². The number of nitrogens with one attached hydrogen (secondary N) is 2. The van der Waals surface area contributed by atoms with E-state index in [9.17, 15) is 14.3 Å². The molecule has 1 amide bonds. The average molecular weight is 548 g/mol. The highest BCUT2D eigenvalue weighted by molar-refractivity contribution is 6.15. The highest BCUT2D eigenvalue weighted by Gasteiger charge is 2.26. The Morgan fingerprint density at radius 2 is 1.85 bits per heavy atom. The molecule has 0 aliphatic heterocycles. The summed E-state index contributed by atoms with van der Waals surface area (Å²) in [5.74, 6) is -0.0230. The third-order valence-electron chi connectivity index (χ3n) is 8.41. The lowest BCUT2D eigenvalue weighted by molar-refractivity contribution is 0.100. The van der Waals surface area contributed by atoms with Gasteiger partial charge in [-0.2, -0.15) is 0 Å². The molecule has 2 heterocycles. The fraction of sp³-hybridized carbons (Fsp3) is 0.212. The van der Waals surface area contributed by atoms with Gasteiger partial charge < -0.3 is 25.7 Å². The molecule has 5 N–H and O–H groups in total. The number of halogens is 1. The Bertz CT molecular complexity index is 1940. The third-order valence-corrected chi connectivity index (χ3v) is 8.41. The largest absolute Gasteiger partial charge is 0.396 e. The first-order chi connectivity index (χ1) is 20.0. The van der Waals surface area contributed by atoms with Gasteiger partial charge in [0, 0.05) is 46.3 Å². The quantitative estimate of drug-likeness (QED) is 0.190. The third kappa shape index (κ3) is 4.31. The van der Waals surface area contributed by atoms with Crippen molar-refractivity contribution in [2.75, 3.05) is 11.9 Å². The summed E-state index contributed by atoms with van der Waals surface area (Å²) in [6.07, 6.45) is 4.04.